The van der Waals surface area contributed by atoms with Crippen LogP contribution in [0.15, 0.2) is 18.3 Å². The smallest absolute Gasteiger partial charge is 0.186 e. The van der Waals surface area contributed by atoms with E-state index in [4.69, 9.17) is 0 Å². The Labute approximate surface area is 95.3 Å². The summed E-state index contributed by atoms with van der Waals surface area (Å²) in [5.41, 5.74) is 1.08. The first kappa shape index (κ1) is 10.8. The Kier molecular flexibility index (Phi) is 4.58. The third kappa shape index (κ3) is 4.52. The van der Waals surface area contributed by atoms with E-state index in [9.17, 15) is 4.79 Å². The Morgan fingerprint density at radius 1 is 1.77 bits per heavy atom. The quantitative estimate of drug-likeness (QED) is 0.871. The van der Waals surface area contributed by atoms with Gasteiger partial charge >= 0.3 is 0 Å². The van der Waals surface area contributed by atoms with Gasteiger partial charge in [0.2, 0.25) is 0 Å². The number of carbonyl (C=O) groups is 1. The minimum absolute atomic E-state index is 0.158. The van der Waals surface area contributed by atoms with Crippen molar-refractivity contribution in [3.63, 3.8) is 0 Å². The topological polar surface area (TPSA) is 32.9 Å². The molecule has 70 valence electrons. The molecule has 0 atom stereocenters. The van der Waals surface area contributed by atoms with Gasteiger partial charge in [-0.05, 0) is 34.7 Å². The van der Waals surface area contributed by atoms with Crippen molar-refractivity contribution in [2.24, 2.45) is 0 Å². The molecule has 0 unspecified atom stereocenters. The summed E-state index contributed by atoms with van der Waals surface area (Å²) in [4.78, 5) is 13.7. The lowest BCUT2D eigenvalue weighted by Gasteiger charge is -1.87. The van der Waals surface area contributed by atoms with Gasteiger partial charge in [0.05, 0.1) is 0 Å². The van der Waals surface area contributed by atoms with Crippen molar-refractivity contribution < 1.29 is 4.79 Å². The van der Waals surface area contributed by atoms with E-state index >= 15 is 0 Å². The maximum absolute atomic E-state index is 10.6. The molecule has 13 heavy (non-hydrogen) atoms. The van der Waals surface area contributed by atoms with Crippen molar-refractivity contribution in [1.82, 2.24) is 4.98 Å². The van der Waals surface area contributed by atoms with Crippen LogP contribution in [0.25, 0.3) is 6.08 Å². The summed E-state index contributed by atoms with van der Waals surface area (Å²) in [7, 11) is 0. The van der Waals surface area contributed by atoms with E-state index in [0.717, 1.165) is 11.4 Å². The highest BCUT2D eigenvalue weighted by molar-refractivity contribution is 14.1. The molecule has 4 heteroatoms. The van der Waals surface area contributed by atoms with E-state index in [1.807, 2.05) is 18.3 Å². The highest BCUT2D eigenvalue weighted by Crippen LogP contribution is 2.08. The first-order chi connectivity index (χ1) is 6.18. The Morgan fingerprint density at radius 3 is 3.08 bits per heavy atom. The zero-order valence-electron chi connectivity index (χ0n) is 7.21. The van der Waals surface area contributed by atoms with Crippen LogP contribution < -0.4 is 0 Å². The second-order valence-electron chi connectivity index (χ2n) is 2.48. The SMILES string of the molecule is CC(=O)SCC=Cc1cc(I)c[nH]1. The number of aromatic amines is 1. The molecule has 0 bridgehead atoms. The van der Waals surface area contributed by atoms with Crippen molar-refractivity contribution in [3.05, 3.63) is 27.6 Å². The highest BCUT2D eigenvalue weighted by Gasteiger charge is 1.91. The van der Waals surface area contributed by atoms with Gasteiger partial charge in [-0.25, -0.2) is 0 Å². The largest absolute Gasteiger partial charge is 0.361 e. The molecule has 0 fully saturated rings. The molecule has 1 aromatic rings. The van der Waals surface area contributed by atoms with Gasteiger partial charge in [0, 0.05) is 28.1 Å². The van der Waals surface area contributed by atoms with Crippen LogP contribution in [-0.2, 0) is 4.79 Å². The molecule has 1 heterocycles. The number of nitrogens with one attached hydrogen (secondary N) is 1. The van der Waals surface area contributed by atoms with E-state index in [1.165, 1.54) is 15.3 Å². The number of hydrogen-bond acceptors (Lipinski definition) is 2. The molecule has 0 aliphatic carbocycles. The first-order valence-corrected chi connectivity index (χ1v) is 5.89. The second-order valence-corrected chi connectivity index (χ2v) is 4.92. The van der Waals surface area contributed by atoms with E-state index in [0.29, 0.717) is 0 Å². The zero-order valence-corrected chi connectivity index (χ0v) is 10.2. The van der Waals surface area contributed by atoms with Crippen LogP contribution in [0.1, 0.15) is 12.6 Å². The summed E-state index contributed by atoms with van der Waals surface area (Å²) in [5, 5.41) is 0.158. The van der Waals surface area contributed by atoms with Gasteiger partial charge in [0.15, 0.2) is 5.12 Å². The number of carbonyl (C=O) groups excluding carboxylic acids is 1. The first-order valence-electron chi connectivity index (χ1n) is 3.82. The van der Waals surface area contributed by atoms with Crippen LogP contribution in [0.3, 0.4) is 0 Å². The Morgan fingerprint density at radius 2 is 2.54 bits per heavy atom. The summed E-state index contributed by atoms with van der Waals surface area (Å²) in [6.07, 6.45) is 5.91. The van der Waals surface area contributed by atoms with E-state index in [-0.39, 0.29) is 5.12 Å². The van der Waals surface area contributed by atoms with E-state index in [1.54, 1.807) is 6.92 Å². The maximum atomic E-state index is 10.6. The Bertz CT molecular complexity index is 319. The Balaban J connectivity index is 2.36. The molecule has 0 aliphatic heterocycles. The third-order valence-electron chi connectivity index (χ3n) is 1.35. The lowest BCUT2D eigenvalue weighted by atomic mass is 10.4. The van der Waals surface area contributed by atoms with Gasteiger partial charge in [-0.15, -0.1) is 0 Å². The fraction of sp³-hybridized carbons (Fsp3) is 0.222. The lowest BCUT2D eigenvalue weighted by Crippen LogP contribution is -1.81. The monoisotopic (exact) mass is 307 g/mol. The summed E-state index contributed by atoms with van der Waals surface area (Å²) >= 11 is 3.56. The average Bonchev–Trinajstić information content (AvgIpc) is 2.45. The summed E-state index contributed by atoms with van der Waals surface area (Å²) < 4.78 is 1.19. The number of thioether (sulfide) groups is 1. The number of hydrogen-bond donors (Lipinski definition) is 1. The molecule has 0 aromatic carbocycles. The molecule has 2 nitrogen and oxygen atoms in total. The number of aromatic nitrogens is 1. The molecule has 1 aromatic heterocycles. The second kappa shape index (κ2) is 5.49. The van der Waals surface area contributed by atoms with Gasteiger partial charge in [-0.2, -0.15) is 0 Å². The van der Waals surface area contributed by atoms with Crippen LogP contribution in [0, 0.1) is 3.57 Å². The third-order valence-corrected chi connectivity index (χ3v) is 2.74. The fourth-order valence-electron chi connectivity index (χ4n) is 0.821. The zero-order chi connectivity index (χ0) is 9.68. The van der Waals surface area contributed by atoms with Crippen molar-refractivity contribution in [2.75, 3.05) is 5.75 Å². The highest BCUT2D eigenvalue weighted by atomic mass is 127. The normalized spacial score (nSPS) is 10.9. The van der Waals surface area contributed by atoms with Crippen LogP contribution in [0.4, 0.5) is 0 Å². The molecule has 0 amide bonds. The number of rotatable bonds is 3. The molecule has 0 aliphatic rings. The van der Waals surface area contributed by atoms with Crippen LogP contribution in [0.5, 0.6) is 0 Å². The summed E-state index contributed by atoms with van der Waals surface area (Å²) in [6, 6.07) is 2.05. The molecule has 1 N–H and O–H groups in total. The lowest BCUT2D eigenvalue weighted by molar-refractivity contribution is -0.109. The van der Waals surface area contributed by atoms with Gasteiger partial charge in [0.25, 0.3) is 0 Å². The van der Waals surface area contributed by atoms with Gasteiger partial charge < -0.3 is 4.98 Å². The molecular formula is C9H10INOS. The van der Waals surface area contributed by atoms with Crippen LogP contribution in [-0.4, -0.2) is 15.9 Å². The van der Waals surface area contributed by atoms with Gasteiger partial charge in [-0.1, -0.05) is 17.8 Å². The van der Waals surface area contributed by atoms with Gasteiger partial charge in [-0.3, -0.25) is 4.79 Å². The molecular weight excluding hydrogens is 297 g/mol. The molecule has 0 saturated heterocycles. The predicted octanol–water partition coefficient (Wildman–Crippen LogP) is 2.91. The maximum Gasteiger partial charge on any atom is 0.186 e. The Hall–Kier alpha value is -0.230. The number of H-pyrrole nitrogens is 1. The van der Waals surface area contributed by atoms with Crippen molar-refractivity contribution in [3.8, 4) is 0 Å². The molecule has 0 radical (unpaired) electrons. The minimum atomic E-state index is 0.158. The van der Waals surface area contributed by atoms with E-state index < -0.39 is 0 Å². The molecule has 0 spiro atoms. The predicted molar refractivity (Wildman–Crippen MR) is 65.7 cm³/mol. The minimum Gasteiger partial charge on any atom is -0.361 e. The fourth-order valence-corrected chi connectivity index (χ4v) is 1.74. The average molecular weight is 307 g/mol. The number of halogens is 1. The van der Waals surface area contributed by atoms with Gasteiger partial charge in [0.1, 0.15) is 0 Å². The summed E-state index contributed by atoms with van der Waals surface area (Å²) in [6.45, 7) is 1.58. The standard InChI is InChI=1S/C9H10INOS/c1-7(12)13-4-2-3-9-5-8(10)6-11-9/h2-3,5-6,11H,4H2,1H3. The van der Waals surface area contributed by atoms with Crippen molar-refractivity contribution in [2.45, 2.75) is 6.92 Å². The van der Waals surface area contributed by atoms with Crippen LogP contribution >= 0.6 is 34.4 Å². The van der Waals surface area contributed by atoms with Crippen LogP contribution in [0.2, 0.25) is 0 Å². The molecule has 1 rings (SSSR count). The van der Waals surface area contributed by atoms with Crippen molar-refractivity contribution in [1.29, 1.82) is 0 Å². The van der Waals surface area contributed by atoms with Crippen molar-refractivity contribution >= 4 is 45.5 Å². The van der Waals surface area contributed by atoms with E-state index in [2.05, 4.69) is 33.6 Å². The summed E-state index contributed by atoms with van der Waals surface area (Å²) in [5.74, 6) is 0.741. The molecule has 0 saturated carbocycles.